The van der Waals surface area contributed by atoms with Crippen LogP contribution >= 0.6 is 0 Å². The summed E-state index contributed by atoms with van der Waals surface area (Å²) in [5.74, 6) is -0.698. The third-order valence-corrected chi connectivity index (χ3v) is 7.08. The van der Waals surface area contributed by atoms with E-state index >= 15 is 0 Å². The van der Waals surface area contributed by atoms with E-state index in [1.54, 1.807) is 56.3 Å². The number of phenolic OH excluding ortho intramolecular Hbond substituents is 1. The fourth-order valence-electron chi connectivity index (χ4n) is 3.80. The van der Waals surface area contributed by atoms with Crippen molar-refractivity contribution in [2.24, 2.45) is 0 Å². The first-order chi connectivity index (χ1) is 17.7. The highest BCUT2D eigenvalue weighted by Crippen LogP contribution is 2.29. The van der Waals surface area contributed by atoms with Gasteiger partial charge in [-0.2, -0.15) is 0 Å². The summed E-state index contributed by atoms with van der Waals surface area (Å²) in [5.41, 5.74) is 1.67. The topological polar surface area (TPSA) is 145 Å². The lowest BCUT2D eigenvalue weighted by molar-refractivity contribution is -0.120. The number of likely N-dealkylation sites (N-methyl/N-ethyl adjacent to an activating group) is 1. The summed E-state index contributed by atoms with van der Waals surface area (Å²) in [6.45, 7) is 3.53. The van der Waals surface area contributed by atoms with Gasteiger partial charge in [0.15, 0.2) is 0 Å². The molecule has 4 amide bonds. The maximum atomic E-state index is 13.6. The number of anilines is 2. The second kappa shape index (κ2) is 12.0. The predicted molar refractivity (Wildman–Crippen MR) is 140 cm³/mol. The van der Waals surface area contributed by atoms with Crippen molar-refractivity contribution in [1.82, 2.24) is 10.0 Å². The van der Waals surface area contributed by atoms with Gasteiger partial charge in [0.2, 0.25) is 12.3 Å². The predicted octanol–water partition coefficient (Wildman–Crippen LogP) is 2.92. The van der Waals surface area contributed by atoms with E-state index in [9.17, 15) is 27.9 Å². The van der Waals surface area contributed by atoms with Crippen molar-refractivity contribution >= 4 is 39.7 Å². The summed E-state index contributed by atoms with van der Waals surface area (Å²) in [4.78, 5) is 38.7. The number of carbonyl (C=O) groups is 3. The van der Waals surface area contributed by atoms with Crippen molar-refractivity contribution in [1.29, 1.82) is 0 Å². The average molecular weight is 525 g/mol. The Labute approximate surface area is 215 Å². The number of benzene rings is 3. The summed E-state index contributed by atoms with van der Waals surface area (Å²) >= 11 is 0. The Bertz CT molecular complexity index is 1380. The Morgan fingerprint density at radius 3 is 2.35 bits per heavy atom. The maximum absolute atomic E-state index is 13.6. The molecule has 37 heavy (non-hydrogen) atoms. The minimum atomic E-state index is -4.19. The molecule has 3 aromatic rings. The lowest BCUT2D eigenvalue weighted by Crippen LogP contribution is -2.53. The summed E-state index contributed by atoms with van der Waals surface area (Å²) in [6.07, 6.45) is 0.488. The van der Waals surface area contributed by atoms with Crippen LogP contribution in [0.4, 0.5) is 16.2 Å². The van der Waals surface area contributed by atoms with Crippen LogP contribution in [0.5, 0.6) is 5.75 Å². The molecule has 0 aliphatic carbocycles. The Kier molecular flexibility index (Phi) is 8.86. The molecule has 0 bridgehead atoms. The molecule has 11 heteroatoms. The Morgan fingerprint density at radius 1 is 1.03 bits per heavy atom. The molecule has 0 spiro atoms. The van der Waals surface area contributed by atoms with Crippen LogP contribution in [0.3, 0.4) is 0 Å². The van der Waals surface area contributed by atoms with Gasteiger partial charge in [0.05, 0.1) is 10.6 Å². The number of sulfonamides is 1. The Hall–Kier alpha value is -4.38. The van der Waals surface area contributed by atoms with E-state index in [1.807, 2.05) is 10.8 Å². The molecule has 0 fully saturated rings. The first-order valence-electron chi connectivity index (χ1n) is 11.4. The molecule has 4 N–H and O–H groups in total. The standard InChI is InChI=1S/C26H28N4O6S/c1-3-30(20-13-14-23(32)21(16-20)27-17-31)25(33)22(15-19-10-5-4-6-11-19)28-26(34)29-37(35,36)24-12-8-7-9-18(24)2/h4-14,16-17,22,32H,3,15H2,1-2H3,(H,27,31)(H2,28,29,34)/t22-/m0/s1. The van der Waals surface area contributed by atoms with Gasteiger partial charge in [-0.15, -0.1) is 0 Å². The van der Waals surface area contributed by atoms with Gasteiger partial charge < -0.3 is 20.6 Å². The quantitative estimate of drug-likeness (QED) is 0.237. The SMILES string of the molecule is CCN(C(=O)[C@H](Cc1ccccc1)NC(=O)NS(=O)(=O)c1ccccc1C)c1ccc(O)c(NC=O)c1. The second-order valence-corrected chi connectivity index (χ2v) is 9.78. The van der Waals surface area contributed by atoms with Crippen LogP contribution in [-0.2, 0) is 26.0 Å². The minimum absolute atomic E-state index is 0.0504. The lowest BCUT2D eigenvalue weighted by Gasteiger charge is -2.27. The number of aryl methyl sites for hydroxylation is 1. The summed E-state index contributed by atoms with van der Waals surface area (Å²) < 4.78 is 27.6. The fraction of sp³-hybridized carbons (Fsp3) is 0.192. The molecule has 0 aromatic heterocycles. The number of carbonyl (C=O) groups excluding carboxylic acids is 3. The Balaban J connectivity index is 1.89. The van der Waals surface area contributed by atoms with E-state index in [4.69, 9.17) is 0 Å². The van der Waals surface area contributed by atoms with E-state index in [-0.39, 0.29) is 29.3 Å². The number of amides is 4. The first-order valence-corrected chi connectivity index (χ1v) is 12.9. The number of nitrogens with one attached hydrogen (secondary N) is 3. The summed E-state index contributed by atoms with van der Waals surface area (Å²) in [6, 6.07) is 17.2. The molecule has 194 valence electrons. The van der Waals surface area contributed by atoms with Gasteiger partial charge in [-0.3, -0.25) is 9.59 Å². The van der Waals surface area contributed by atoms with Crippen molar-refractivity contribution in [3.63, 3.8) is 0 Å². The normalized spacial score (nSPS) is 11.7. The van der Waals surface area contributed by atoms with Crippen molar-refractivity contribution < 1.29 is 27.9 Å². The van der Waals surface area contributed by atoms with Crippen LogP contribution in [0.2, 0.25) is 0 Å². The van der Waals surface area contributed by atoms with Gasteiger partial charge in [-0.25, -0.2) is 17.9 Å². The zero-order chi connectivity index (χ0) is 27.0. The third-order valence-electron chi connectivity index (χ3n) is 5.58. The second-order valence-electron chi connectivity index (χ2n) is 8.13. The number of hydrogen-bond acceptors (Lipinski definition) is 6. The molecule has 10 nitrogen and oxygen atoms in total. The molecular formula is C26H28N4O6S. The highest BCUT2D eigenvalue weighted by molar-refractivity contribution is 7.90. The highest BCUT2D eigenvalue weighted by Gasteiger charge is 2.29. The van der Waals surface area contributed by atoms with E-state index in [0.29, 0.717) is 17.7 Å². The monoisotopic (exact) mass is 524 g/mol. The molecule has 0 saturated heterocycles. The van der Waals surface area contributed by atoms with E-state index in [2.05, 4.69) is 10.6 Å². The fourth-order valence-corrected chi connectivity index (χ4v) is 4.96. The molecule has 3 aromatic carbocycles. The van der Waals surface area contributed by atoms with Crippen LogP contribution in [0.25, 0.3) is 0 Å². The molecule has 0 aliphatic rings. The van der Waals surface area contributed by atoms with Gasteiger partial charge >= 0.3 is 6.03 Å². The third kappa shape index (κ3) is 6.85. The van der Waals surface area contributed by atoms with E-state index < -0.39 is 28.0 Å². The number of rotatable bonds is 10. The van der Waals surface area contributed by atoms with Crippen LogP contribution in [0, 0.1) is 6.92 Å². The highest BCUT2D eigenvalue weighted by atomic mass is 32.2. The molecule has 3 rings (SSSR count). The van der Waals surface area contributed by atoms with Gasteiger partial charge in [-0.1, -0.05) is 48.5 Å². The average Bonchev–Trinajstić information content (AvgIpc) is 2.86. The van der Waals surface area contributed by atoms with Gasteiger partial charge in [0.25, 0.3) is 10.0 Å². The van der Waals surface area contributed by atoms with E-state index in [0.717, 1.165) is 5.56 Å². The van der Waals surface area contributed by atoms with Crippen LogP contribution in [-0.4, -0.2) is 44.5 Å². The molecule has 0 radical (unpaired) electrons. The molecule has 0 aliphatic heterocycles. The number of nitrogens with zero attached hydrogens (tertiary/aromatic N) is 1. The number of urea groups is 1. The molecular weight excluding hydrogens is 496 g/mol. The molecule has 0 heterocycles. The van der Waals surface area contributed by atoms with E-state index in [1.165, 1.54) is 29.2 Å². The molecule has 0 saturated carbocycles. The number of phenols is 1. The van der Waals surface area contributed by atoms with Crippen molar-refractivity contribution in [2.45, 2.75) is 31.2 Å². The largest absolute Gasteiger partial charge is 0.506 e. The first kappa shape index (κ1) is 27.2. The smallest absolute Gasteiger partial charge is 0.329 e. The zero-order valence-electron chi connectivity index (χ0n) is 20.3. The Morgan fingerprint density at radius 2 is 1.70 bits per heavy atom. The van der Waals surface area contributed by atoms with Crippen LogP contribution in [0.15, 0.2) is 77.7 Å². The zero-order valence-corrected chi connectivity index (χ0v) is 21.2. The lowest BCUT2D eigenvalue weighted by atomic mass is 10.0. The van der Waals surface area contributed by atoms with Crippen molar-refractivity contribution in [3.05, 3.63) is 83.9 Å². The van der Waals surface area contributed by atoms with Gasteiger partial charge in [-0.05, 0) is 49.2 Å². The molecule has 0 unspecified atom stereocenters. The van der Waals surface area contributed by atoms with Crippen molar-refractivity contribution in [3.8, 4) is 5.75 Å². The summed E-state index contributed by atoms with van der Waals surface area (Å²) in [5, 5.41) is 14.8. The van der Waals surface area contributed by atoms with Crippen molar-refractivity contribution in [2.75, 3.05) is 16.8 Å². The van der Waals surface area contributed by atoms with Crippen LogP contribution in [0.1, 0.15) is 18.1 Å². The minimum Gasteiger partial charge on any atom is -0.506 e. The number of hydrogen-bond donors (Lipinski definition) is 4. The maximum Gasteiger partial charge on any atom is 0.329 e. The molecule has 1 atom stereocenters. The number of aromatic hydroxyl groups is 1. The van der Waals surface area contributed by atoms with Gasteiger partial charge in [0.1, 0.15) is 11.8 Å². The van der Waals surface area contributed by atoms with Gasteiger partial charge in [0, 0.05) is 18.7 Å². The van der Waals surface area contributed by atoms with Crippen LogP contribution < -0.4 is 20.3 Å². The summed E-state index contributed by atoms with van der Waals surface area (Å²) in [7, 11) is -4.19.